The summed E-state index contributed by atoms with van der Waals surface area (Å²) in [4.78, 5) is 20.0. The van der Waals surface area contributed by atoms with E-state index in [2.05, 4.69) is 26.5 Å². The van der Waals surface area contributed by atoms with E-state index in [0.29, 0.717) is 17.3 Å². The number of nitrogens with two attached hydrogens (primary N) is 1. The van der Waals surface area contributed by atoms with Crippen LogP contribution in [0.1, 0.15) is 47.6 Å². The molecule has 1 heterocycles. The molecule has 1 aromatic rings. The summed E-state index contributed by atoms with van der Waals surface area (Å²) in [6.45, 7) is 1.66. The molecule has 5 nitrogen and oxygen atoms in total. The van der Waals surface area contributed by atoms with Crippen LogP contribution in [0, 0.1) is 11.8 Å². The number of rotatable bonds is 2. The minimum atomic E-state index is -0.529. The van der Waals surface area contributed by atoms with Crippen LogP contribution < -0.4 is 5.73 Å². The number of nitrogen functional groups attached to an aromatic ring is 1. The Morgan fingerprint density at radius 2 is 2.18 bits per heavy atom. The zero-order valence-corrected chi connectivity index (χ0v) is 9.78. The van der Waals surface area contributed by atoms with Crippen molar-refractivity contribution >= 4 is 11.8 Å². The van der Waals surface area contributed by atoms with Gasteiger partial charge < -0.3 is 10.5 Å². The number of methoxy groups -OCH3 is 1. The van der Waals surface area contributed by atoms with E-state index < -0.39 is 5.97 Å². The van der Waals surface area contributed by atoms with Crippen LogP contribution in [0.5, 0.6) is 0 Å². The fraction of sp³-hybridized carbons (Fsp3) is 0.417. The zero-order valence-electron chi connectivity index (χ0n) is 9.78. The van der Waals surface area contributed by atoms with E-state index in [4.69, 9.17) is 5.73 Å². The summed E-state index contributed by atoms with van der Waals surface area (Å²) < 4.78 is 4.68. The monoisotopic (exact) mass is 231 g/mol. The molecular formula is C12H13N3O2. The number of carbonyl (C=O) groups is 1. The molecule has 0 bridgehead atoms. The average molecular weight is 231 g/mol. The highest BCUT2D eigenvalue weighted by molar-refractivity contribution is 5.91. The Bertz CT molecular complexity index is 525. The molecule has 0 amide bonds. The lowest BCUT2D eigenvalue weighted by molar-refractivity contribution is 0.0593. The molecule has 0 aromatic carbocycles. The van der Waals surface area contributed by atoms with Gasteiger partial charge in [-0.15, -0.1) is 5.92 Å². The van der Waals surface area contributed by atoms with Gasteiger partial charge in [-0.25, -0.2) is 14.8 Å². The van der Waals surface area contributed by atoms with Crippen molar-refractivity contribution in [2.45, 2.75) is 25.7 Å². The molecule has 1 aliphatic rings. The van der Waals surface area contributed by atoms with Gasteiger partial charge in [-0.05, 0) is 19.8 Å². The molecule has 0 aliphatic heterocycles. The Morgan fingerprint density at radius 3 is 2.71 bits per heavy atom. The van der Waals surface area contributed by atoms with Crippen LogP contribution in [0.15, 0.2) is 0 Å². The van der Waals surface area contributed by atoms with Gasteiger partial charge in [0.2, 0.25) is 0 Å². The highest BCUT2D eigenvalue weighted by Crippen LogP contribution is 2.38. The number of anilines is 1. The molecule has 2 N–H and O–H groups in total. The topological polar surface area (TPSA) is 78.1 Å². The van der Waals surface area contributed by atoms with Crippen LogP contribution >= 0.6 is 0 Å². The molecule has 88 valence electrons. The van der Waals surface area contributed by atoms with Gasteiger partial charge in [0, 0.05) is 5.92 Å². The summed E-state index contributed by atoms with van der Waals surface area (Å²) in [5.41, 5.74) is 6.32. The number of aromatic nitrogens is 2. The predicted octanol–water partition coefficient (Wildman–Crippen LogP) is 1.09. The highest BCUT2D eigenvalue weighted by atomic mass is 16.5. The van der Waals surface area contributed by atoms with Crippen LogP contribution in [0.2, 0.25) is 0 Å². The van der Waals surface area contributed by atoms with Crippen LogP contribution in [0.3, 0.4) is 0 Å². The first-order chi connectivity index (χ1) is 8.17. The van der Waals surface area contributed by atoms with Gasteiger partial charge in [0.05, 0.1) is 12.7 Å². The first kappa shape index (κ1) is 11.4. The Balaban J connectivity index is 2.55. The third-order valence-electron chi connectivity index (χ3n) is 2.53. The highest BCUT2D eigenvalue weighted by Gasteiger charge is 2.29. The maximum Gasteiger partial charge on any atom is 0.358 e. The van der Waals surface area contributed by atoms with Gasteiger partial charge in [0.25, 0.3) is 0 Å². The number of ether oxygens (including phenoxy) is 1. The quantitative estimate of drug-likeness (QED) is 0.609. The predicted molar refractivity (Wildman–Crippen MR) is 62.3 cm³/mol. The van der Waals surface area contributed by atoms with E-state index in [1.807, 2.05) is 0 Å². The zero-order chi connectivity index (χ0) is 12.4. The summed E-state index contributed by atoms with van der Waals surface area (Å²) >= 11 is 0. The molecule has 5 heteroatoms. The van der Waals surface area contributed by atoms with E-state index in [1.54, 1.807) is 6.92 Å². The third-order valence-corrected chi connectivity index (χ3v) is 2.53. The van der Waals surface area contributed by atoms with Gasteiger partial charge >= 0.3 is 5.97 Å². The molecule has 0 atom stereocenters. The number of nitrogens with zero attached hydrogens (tertiary/aromatic N) is 2. The van der Waals surface area contributed by atoms with E-state index in [-0.39, 0.29) is 11.5 Å². The molecule has 17 heavy (non-hydrogen) atoms. The van der Waals surface area contributed by atoms with E-state index in [9.17, 15) is 4.79 Å². The molecule has 0 spiro atoms. The van der Waals surface area contributed by atoms with Crippen molar-refractivity contribution in [2.24, 2.45) is 0 Å². The Labute approximate surface area is 99.4 Å². The molecule has 1 fully saturated rings. The van der Waals surface area contributed by atoms with Gasteiger partial charge in [-0.1, -0.05) is 5.92 Å². The van der Waals surface area contributed by atoms with Crippen molar-refractivity contribution in [3.63, 3.8) is 0 Å². The van der Waals surface area contributed by atoms with Crippen LogP contribution in [0.25, 0.3) is 0 Å². The minimum absolute atomic E-state index is 0.163. The van der Waals surface area contributed by atoms with E-state index in [0.717, 1.165) is 12.8 Å². The number of hydrogen-bond donors (Lipinski definition) is 1. The maximum atomic E-state index is 11.6. The Kier molecular flexibility index (Phi) is 2.96. The molecule has 1 aromatic heterocycles. The Hall–Kier alpha value is -2.09. The molecule has 2 rings (SSSR count). The van der Waals surface area contributed by atoms with Gasteiger partial charge in [0.1, 0.15) is 11.6 Å². The Morgan fingerprint density at radius 1 is 1.47 bits per heavy atom. The first-order valence-electron chi connectivity index (χ1n) is 5.35. The van der Waals surface area contributed by atoms with Gasteiger partial charge in [-0.3, -0.25) is 0 Å². The fourth-order valence-corrected chi connectivity index (χ4v) is 1.51. The summed E-state index contributed by atoms with van der Waals surface area (Å²) in [5.74, 6) is 6.09. The SMILES string of the molecule is CC#Cc1c(N)nc(C2CC2)nc1C(=O)OC. The second-order valence-electron chi connectivity index (χ2n) is 3.83. The van der Waals surface area contributed by atoms with Gasteiger partial charge in [0.15, 0.2) is 5.69 Å². The van der Waals surface area contributed by atoms with Crippen LogP contribution in [-0.2, 0) is 4.74 Å². The number of esters is 1. The molecule has 1 aliphatic carbocycles. The largest absolute Gasteiger partial charge is 0.464 e. The molecular weight excluding hydrogens is 218 g/mol. The molecule has 0 radical (unpaired) electrons. The maximum absolute atomic E-state index is 11.6. The van der Waals surface area contributed by atoms with Crippen LogP contribution in [0.4, 0.5) is 5.82 Å². The summed E-state index contributed by atoms with van der Waals surface area (Å²) in [5, 5.41) is 0. The van der Waals surface area contributed by atoms with Gasteiger partial charge in [-0.2, -0.15) is 0 Å². The summed E-state index contributed by atoms with van der Waals surface area (Å²) in [6, 6.07) is 0. The first-order valence-corrected chi connectivity index (χ1v) is 5.35. The smallest absolute Gasteiger partial charge is 0.358 e. The van der Waals surface area contributed by atoms with Crippen molar-refractivity contribution in [1.29, 1.82) is 0 Å². The lowest BCUT2D eigenvalue weighted by Gasteiger charge is -2.07. The minimum Gasteiger partial charge on any atom is -0.464 e. The van der Waals surface area contributed by atoms with Crippen molar-refractivity contribution in [2.75, 3.05) is 12.8 Å². The second-order valence-corrected chi connectivity index (χ2v) is 3.83. The van der Waals surface area contributed by atoms with Crippen molar-refractivity contribution in [3.8, 4) is 11.8 Å². The van der Waals surface area contributed by atoms with Crippen molar-refractivity contribution < 1.29 is 9.53 Å². The number of carbonyl (C=O) groups excluding carboxylic acids is 1. The van der Waals surface area contributed by atoms with Crippen molar-refractivity contribution in [3.05, 3.63) is 17.1 Å². The number of hydrogen-bond acceptors (Lipinski definition) is 5. The normalized spacial score (nSPS) is 13.8. The average Bonchev–Trinajstić information content (AvgIpc) is 3.14. The summed E-state index contributed by atoms with van der Waals surface area (Å²) in [6.07, 6.45) is 2.08. The second kappa shape index (κ2) is 4.42. The fourth-order valence-electron chi connectivity index (χ4n) is 1.51. The standard InChI is InChI=1S/C12H13N3O2/c1-3-4-8-9(12(16)17-2)14-11(7-5-6-7)15-10(8)13/h7H,5-6H2,1-2H3,(H2,13,14,15). The van der Waals surface area contributed by atoms with Crippen molar-refractivity contribution in [1.82, 2.24) is 9.97 Å². The van der Waals surface area contributed by atoms with E-state index in [1.165, 1.54) is 7.11 Å². The van der Waals surface area contributed by atoms with Crippen LogP contribution in [-0.4, -0.2) is 23.0 Å². The van der Waals surface area contributed by atoms with E-state index >= 15 is 0 Å². The lowest BCUT2D eigenvalue weighted by atomic mass is 10.2. The molecule has 0 saturated heterocycles. The summed E-state index contributed by atoms with van der Waals surface area (Å²) in [7, 11) is 1.31. The third kappa shape index (κ3) is 2.21. The molecule has 1 saturated carbocycles. The lowest BCUT2D eigenvalue weighted by Crippen LogP contribution is -2.13. The molecule has 0 unspecified atom stereocenters.